The maximum absolute atomic E-state index is 14.4. The molecule has 0 aliphatic carbocycles. The monoisotopic (exact) mass is 520 g/mol. The second-order valence-corrected chi connectivity index (χ2v) is 8.50. The Labute approximate surface area is 216 Å². The molecular weight excluding hydrogens is 499 g/mol. The van der Waals surface area contributed by atoms with E-state index < -0.39 is 17.8 Å². The predicted molar refractivity (Wildman–Crippen MR) is 137 cm³/mol. The zero-order valence-corrected chi connectivity index (χ0v) is 20.1. The molecule has 0 radical (unpaired) electrons. The van der Waals surface area contributed by atoms with Gasteiger partial charge in [0.25, 0.3) is 0 Å². The fraction of sp³-hybridized carbons (Fsp3) is 0.115. The molecule has 37 heavy (non-hydrogen) atoms. The number of tetrazole rings is 1. The van der Waals surface area contributed by atoms with E-state index in [2.05, 4.69) is 26.2 Å². The number of aromatic carboxylic acids is 1. The quantitative estimate of drug-likeness (QED) is 0.270. The Morgan fingerprint density at radius 3 is 2.62 bits per heavy atom. The molecule has 0 bridgehead atoms. The molecule has 1 heterocycles. The number of aromatic nitrogens is 4. The van der Waals surface area contributed by atoms with Crippen molar-refractivity contribution in [3.05, 3.63) is 107 Å². The molecule has 0 saturated heterocycles. The number of halogens is 2. The number of anilines is 1. The van der Waals surface area contributed by atoms with Crippen LogP contribution in [-0.2, 0) is 11.2 Å². The van der Waals surface area contributed by atoms with Crippen LogP contribution in [0.25, 0.3) is 11.8 Å². The molecular formula is C26H22ClFN6O3. The van der Waals surface area contributed by atoms with E-state index >= 15 is 0 Å². The van der Waals surface area contributed by atoms with Gasteiger partial charge in [0.15, 0.2) is 0 Å². The lowest BCUT2D eigenvalue weighted by Gasteiger charge is -2.20. The van der Waals surface area contributed by atoms with E-state index in [-0.39, 0.29) is 23.7 Å². The maximum atomic E-state index is 14.4. The lowest BCUT2D eigenvalue weighted by Crippen LogP contribution is -2.40. The molecule has 11 heteroatoms. The first-order chi connectivity index (χ1) is 17.9. The first-order valence-electron chi connectivity index (χ1n) is 11.2. The number of carbonyl (C=O) groups is 2. The van der Waals surface area contributed by atoms with Crippen LogP contribution in [0.5, 0.6) is 0 Å². The summed E-state index contributed by atoms with van der Waals surface area (Å²) in [5.41, 5.74) is 2.24. The minimum Gasteiger partial charge on any atom is -0.478 e. The molecule has 0 spiro atoms. The first kappa shape index (κ1) is 25.5. The van der Waals surface area contributed by atoms with E-state index in [1.807, 2.05) is 30.3 Å². The predicted octanol–water partition coefficient (Wildman–Crippen LogP) is 4.01. The average molecular weight is 521 g/mol. The van der Waals surface area contributed by atoms with Gasteiger partial charge in [-0.15, -0.1) is 5.10 Å². The molecule has 188 valence electrons. The van der Waals surface area contributed by atoms with Gasteiger partial charge in [-0.3, -0.25) is 4.79 Å². The van der Waals surface area contributed by atoms with E-state index in [9.17, 15) is 14.0 Å². The highest BCUT2D eigenvalue weighted by Gasteiger charge is 2.15. The minimum atomic E-state index is -1.21. The van der Waals surface area contributed by atoms with Gasteiger partial charge in [-0.25, -0.2) is 9.18 Å². The number of nitrogens with zero attached hydrogens (tertiary/aromatic N) is 4. The van der Waals surface area contributed by atoms with Crippen molar-refractivity contribution in [3.8, 4) is 5.69 Å². The lowest BCUT2D eigenvalue weighted by atomic mass is 10.1. The maximum Gasteiger partial charge on any atom is 0.335 e. The van der Waals surface area contributed by atoms with Crippen molar-refractivity contribution < 1.29 is 19.1 Å². The second kappa shape index (κ2) is 11.9. The molecule has 3 N–H and O–H groups in total. The summed E-state index contributed by atoms with van der Waals surface area (Å²) in [6, 6.07) is 17.9. The number of carboxylic acid groups (broad SMARTS) is 1. The second-order valence-electron chi connectivity index (χ2n) is 8.07. The molecule has 1 amide bonds. The molecule has 1 atom stereocenters. The third-order valence-electron chi connectivity index (χ3n) is 5.43. The van der Waals surface area contributed by atoms with Gasteiger partial charge in [-0.1, -0.05) is 41.9 Å². The zero-order valence-electron chi connectivity index (χ0n) is 19.4. The standard InChI is InChI=1S/C26H22ClFN6O3/c27-20-8-10-24(34-16-30-32-33-34)18(13-20)7-11-25(35)31-21(12-17-4-2-1-3-5-17)15-29-23-9-6-19(26(36)37)14-22(23)28/h1-11,13-14,16,21,29H,12,15H2,(H,31,35)(H,36,37)/b11-7+/t21-/m0/s1. The van der Waals surface area contributed by atoms with Gasteiger partial charge < -0.3 is 15.7 Å². The van der Waals surface area contributed by atoms with Crippen LogP contribution in [-0.4, -0.2) is 49.8 Å². The number of amides is 1. The highest BCUT2D eigenvalue weighted by atomic mass is 35.5. The summed E-state index contributed by atoms with van der Waals surface area (Å²) in [6.07, 6.45) is 4.90. The third kappa shape index (κ3) is 6.98. The SMILES string of the molecule is O=C(/C=C/c1cc(Cl)ccc1-n1cnnn1)N[C@H](CNc1ccc(C(=O)O)cc1F)Cc1ccccc1. The van der Waals surface area contributed by atoms with Gasteiger partial charge in [0, 0.05) is 23.2 Å². The molecule has 3 aromatic carbocycles. The number of carbonyl (C=O) groups excluding carboxylic acids is 1. The van der Waals surface area contributed by atoms with E-state index in [4.69, 9.17) is 16.7 Å². The van der Waals surface area contributed by atoms with Gasteiger partial charge in [0.05, 0.1) is 23.0 Å². The van der Waals surface area contributed by atoms with E-state index in [1.54, 1.807) is 24.3 Å². The summed E-state index contributed by atoms with van der Waals surface area (Å²) in [7, 11) is 0. The summed E-state index contributed by atoms with van der Waals surface area (Å²) in [5, 5.41) is 26.6. The topological polar surface area (TPSA) is 122 Å². The van der Waals surface area contributed by atoms with Crippen LogP contribution in [0.2, 0.25) is 5.02 Å². The highest BCUT2D eigenvalue weighted by molar-refractivity contribution is 6.30. The van der Waals surface area contributed by atoms with Gasteiger partial charge in [-0.05, 0) is 64.9 Å². The first-order valence-corrected chi connectivity index (χ1v) is 11.6. The van der Waals surface area contributed by atoms with Crippen molar-refractivity contribution in [2.45, 2.75) is 12.5 Å². The summed E-state index contributed by atoms with van der Waals surface area (Å²) in [4.78, 5) is 23.9. The molecule has 0 aliphatic rings. The number of carboxylic acids is 1. The number of hydrogen-bond donors (Lipinski definition) is 3. The summed E-state index contributed by atoms with van der Waals surface area (Å²) < 4.78 is 15.9. The fourth-order valence-electron chi connectivity index (χ4n) is 3.65. The van der Waals surface area contributed by atoms with Crippen molar-refractivity contribution in [2.75, 3.05) is 11.9 Å². The van der Waals surface area contributed by atoms with Crippen LogP contribution >= 0.6 is 11.6 Å². The number of hydrogen-bond acceptors (Lipinski definition) is 6. The Hall–Kier alpha value is -4.57. The highest BCUT2D eigenvalue weighted by Crippen LogP contribution is 2.20. The Morgan fingerprint density at radius 1 is 1.11 bits per heavy atom. The Balaban J connectivity index is 1.49. The van der Waals surface area contributed by atoms with Crippen LogP contribution in [0.15, 0.2) is 79.1 Å². The fourth-order valence-corrected chi connectivity index (χ4v) is 3.83. The largest absolute Gasteiger partial charge is 0.478 e. The molecule has 0 aliphatic heterocycles. The van der Waals surface area contributed by atoms with Crippen molar-refractivity contribution in [1.82, 2.24) is 25.5 Å². The number of benzene rings is 3. The lowest BCUT2D eigenvalue weighted by molar-refractivity contribution is -0.117. The van der Waals surface area contributed by atoms with Gasteiger partial charge in [-0.2, -0.15) is 4.68 Å². The van der Waals surface area contributed by atoms with Crippen LogP contribution < -0.4 is 10.6 Å². The zero-order chi connectivity index (χ0) is 26.2. The van der Waals surface area contributed by atoms with Gasteiger partial charge in [0.1, 0.15) is 12.1 Å². The Kier molecular flexibility index (Phi) is 8.22. The van der Waals surface area contributed by atoms with Gasteiger partial charge >= 0.3 is 5.97 Å². The minimum absolute atomic E-state index is 0.137. The molecule has 1 aromatic heterocycles. The van der Waals surface area contributed by atoms with Crippen molar-refractivity contribution in [2.24, 2.45) is 0 Å². The Morgan fingerprint density at radius 2 is 1.92 bits per heavy atom. The average Bonchev–Trinajstić information content (AvgIpc) is 3.42. The molecule has 0 saturated carbocycles. The van der Waals surface area contributed by atoms with Crippen molar-refractivity contribution in [3.63, 3.8) is 0 Å². The number of rotatable bonds is 10. The van der Waals surface area contributed by atoms with Gasteiger partial charge in [0.2, 0.25) is 5.91 Å². The third-order valence-corrected chi connectivity index (χ3v) is 5.66. The van der Waals surface area contributed by atoms with Crippen molar-refractivity contribution >= 4 is 35.2 Å². The smallest absolute Gasteiger partial charge is 0.335 e. The van der Waals surface area contributed by atoms with E-state index in [0.29, 0.717) is 22.7 Å². The molecule has 0 fully saturated rings. The van der Waals surface area contributed by atoms with E-state index in [0.717, 1.165) is 11.6 Å². The van der Waals surface area contributed by atoms with E-state index in [1.165, 1.54) is 29.2 Å². The molecule has 9 nitrogen and oxygen atoms in total. The Bertz CT molecular complexity index is 1410. The normalized spacial score (nSPS) is 11.8. The summed E-state index contributed by atoms with van der Waals surface area (Å²) >= 11 is 6.14. The van der Waals surface area contributed by atoms with Crippen molar-refractivity contribution in [1.29, 1.82) is 0 Å². The number of nitrogens with one attached hydrogen (secondary N) is 2. The van der Waals surface area contributed by atoms with Crippen LogP contribution in [0.3, 0.4) is 0 Å². The van der Waals surface area contributed by atoms with Crippen LogP contribution in [0.1, 0.15) is 21.5 Å². The summed E-state index contributed by atoms with van der Waals surface area (Å²) in [5.74, 6) is -2.28. The van der Waals surface area contributed by atoms with Crippen LogP contribution in [0.4, 0.5) is 10.1 Å². The molecule has 0 unspecified atom stereocenters. The summed E-state index contributed by atoms with van der Waals surface area (Å²) in [6.45, 7) is 0.199. The molecule has 4 aromatic rings. The van der Waals surface area contributed by atoms with Crippen LogP contribution in [0, 0.1) is 5.82 Å². The molecule has 4 rings (SSSR count).